The molecule has 0 amide bonds. The maximum Gasteiger partial charge on any atom is 0.125 e. The second-order valence-corrected chi connectivity index (χ2v) is 6.65. The van der Waals surface area contributed by atoms with Crippen LogP contribution in [0.25, 0.3) is 11.0 Å². The summed E-state index contributed by atoms with van der Waals surface area (Å²) in [6, 6.07) is 11.6. The molecule has 0 spiro atoms. The molecule has 0 saturated carbocycles. The first-order valence-corrected chi connectivity index (χ1v) is 9.00. The van der Waals surface area contributed by atoms with Crippen LogP contribution in [0.4, 0.5) is 8.78 Å². The third-order valence-corrected chi connectivity index (χ3v) is 5.04. The van der Waals surface area contributed by atoms with Gasteiger partial charge in [0.05, 0.1) is 17.6 Å². The lowest BCUT2D eigenvalue weighted by atomic mass is 10.0. The zero-order valence-electron chi connectivity index (χ0n) is 15.6. The van der Waals surface area contributed by atoms with Crippen LogP contribution in [0.5, 0.6) is 0 Å². The smallest absolute Gasteiger partial charge is 0.125 e. The second kappa shape index (κ2) is 9.65. The summed E-state index contributed by atoms with van der Waals surface area (Å²) in [6.45, 7) is 5.98. The SMILES string of the molecule is CCn1c(CN2CCNCC2c2cccc(F)c2)nc2cc(F)ccc21.Cl.Cl. The number of aromatic nitrogens is 2. The number of imidazole rings is 1. The minimum Gasteiger partial charge on any atom is -0.327 e. The van der Waals surface area contributed by atoms with Gasteiger partial charge >= 0.3 is 0 Å². The largest absolute Gasteiger partial charge is 0.327 e. The average Bonchev–Trinajstić information content (AvgIpc) is 2.98. The third kappa shape index (κ3) is 4.46. The minimum absolute atomic E-state index is 0. The molecule has 1 N–H and O–H groups in total. The van der Waals surface area contributed by atoms with E-state index in [0.29, 0.717) is 12.1 Å². The Labute approximate surface area is 175 Å². The molecule has 4 rings (SSSR count). The van der Waals surface area contributed by atoms with Gasteiger partial charge in [-0.1, -0.05) is 12.1 Å². The fraction of sp³-hybridized carbons (Fsp3) is 0.350. The lowest BCUT2D eigenvalue weighted by Crippen LogP contribution is -2.45. The highest BCUT2D eigenvalue weighted by atomic mass is 35.5. The van der Waals surface area contributed by atoms with Gasteiger partial charge in [0.25, 0.3) is 0 Å². The lowest BCUT2D eigenvalue weighted by Gasteiger charge is -2.36. The van der Waals surface area contributed by atoms with Crippen LogP contribution in [0.2, 0.25) is 0 Å². The molecule has 0 radical (unpaired) electrons. The summed E-state index contributed by atoms with van der Waals surface area (Å²) < 4.78 is 29.4. The van der Waals surface area contributed by atoms with Crippen LogP contribution in [0.3, 0.4) is 0 Å². The topological polar surface area (TPSA) is 33.1 Å². The van der Waals surface area contributed by atoms with Gasteiger partial charge in [-0.25, -0.2) is 13.8 Å². The van der Waals surface area contributed by atoms with E-state index >= 15 is 0 Å². The number of nitrogens with zero attached hydrogens (tertiary/aromatic N) is 3. The van der Waals surface area contributed by atoms with E-state index in [4.69, 9.17) is 0 Å². The molecule has 2 aromatic carbocycles. The van der Waals surface area contributed by atoms with Crippen molar-refractivity contribution in [1.82, 2.24) is 19.8 Å². The molecule has 1 aliphatic rings. The molecule has 1 aliphatic heterocycles. The highest BCUT2D eigenvalue weighted by molar-refractivity contribution is 5.85. The van der Waals surface area contributed by atoms with Crippen molar-refractivity contribution >= 4 is 35.8 Å². The van der Waals surface area contributed by atoms with Gasteiger partial charge in [0, 0.05) is 38.3 Å². The van der Waals surface area contributed by atoms with E-state index in [0.717, 1.165) is 43.1 Å². The predicted octanol–water partition coefficient (Wildman–Crippen LogP) is 4.32. The molecule has 0 bridgehead atoms. The monoisotopic (exact) mass is 428 g/mol. The molecule has 3 aromatic rings. The van der Waals surface area contributed by atoms with E-state index in [1.165, 1.54) is 18.2 Å². The summed E-state index contributed by atoms with van der Waals surface area (Å²) in [5, 5.41) is 3.39. The molecule has 0 aliphatic carbocycles. The number of hydrogen-bond acceptors (Lipinski definition) is 3. The quantitative estimate of drug-likeness (QED) is 0.671. The molecule has 28 heavy (non-hydrogen) atoms. The molecular formula is C20H24Cl2F2N4. The third-order valence-electron chi connectivity index (χ3n) is 5.04. The molecule has 1 fully saturated rings. The summed E-state index contributed by atoms with van der Waals surface area (Å²) in [4.78, 5) is 6.99. The van der Waals surface area contributed by atoms with Gasteiger partial charge in [-0.2, -0.15) is 0 Å². The highest BCUT2D eigenvalue weighted by Crippen LogP contribution is 2.26. The number of halogens is 4. The van der Waals surface area contributed by atoms with Gasteiger partial charge in [-0.15, -0.1) is 24.8 Å². The number of benzene rings is 2. The van der Waals surface area contributed by atoms with Crippen LogP contribution < -0.4 is 5.32 Å². The first kappa shape index (κ1) is 22.6. The van der Waals surface area contributed by atoms with Crippen molar-refractivity contribution in [2.45, 2.75) is 26.1 Å². The van der Waals surface area contributed by atoms with Crippen molar-refractivity contribution < 1.29 is 8.78 Å². The fourth-order valence-electron chi connectivity index (χ4n) is 3.79. The zero-order chi connectivity index (χ0) is 18.1. The number of aryl methyl sites for hydroxylation is 1. The predicted molar refractivity (Wildman–Crippen MR) is 112 cm³/mol. The van der Waals surface area contributed by atoms with Crippen molar-refractivity contribution in [3.63, 3.8) is 0 Å². The number of rotatable bonds is 4. The molecule has 8 heteroatoms. The number of nitrogens with one attached hydrogen (secondary N) is 1. The van der Waals surface area contributed by atoms with E-state index in [1.54, 1.807) is 18.2 Å². The standard InChI is InChI=1S/C20H22F2N4.2ClH/c1-2-26-18-7-6-16(22)11-17(18)24-20(26)13-25-9-8-23-12-19(25)14-4-3-5-15(21)10-14;;/h3-7,10-11,19,23H,2,8-9,12-13H2,1H3;2*1H. The Morgan fingerprint density at radius 3 is 2.64 bits per heavy atom. The fourth-order valence-corrected chi connectivity index (χ4v) is 3.79. The van der Waals surface area contributed by atoms with Crippen molar-refractivity contribution in [1.29, 1.82) is 0 Å². The molecule has 1 atom stereocenters. The Morgan fingerprint density at radius 2 is 1.89 bits per heavy atom. The van der Waals surface area contributed by atoms with E-state index in [-0.39, 0.29) is 42.5 Å². The minimum atomic E-state index is -0.274. The van der Waals surface area contributed by atoms with Crippen molar-refractivity contribution in [3.8, 4) is 0 Å². The summed E-state index contributed by atoms with van der Waals surface area (Å²) in [5.74, 6) is 0.422. The molecule has 1 saturated heterocycles. The first-order valence-electron chi connectivity index (χ1n) is 9.00. The Bertz CT molecular complexity index is 932. The van der Waals surface area contributed by atoms with Gasteiger partial charge in [-0.05, 0) is 36.8 Å². The van der Waals surface area contributed by atoms with Crippen LogP contribution >= 0.6 is 24.8 Å². The molecule has 4 nitrogen and oxygen atoms in total. The summed E-state index contributed by atoms with van der Waals surface area (Å²) in [7, 11) is 0. The number of piperazine rings is 1. The normalized spacial score (nSPS) is 17.2. The van der Waals surface area contributed by atoms with Crippen LogP contribution in [-0.2, 0) is 13.1 Å². The van der Waals surface area contributed by atoms with Crippen LogP contribution in [0, 0.1) is 11.6 Å². The maximum atomic E-state index is 13.7. The average molecular weight is 429 g/mol. The molecule has 2 heterocycles. The molecule has 1 aromatic heterocycles. The van der Waals surface area contributed by atoms with Gasteiger partial charge < -0.3 is 9.88 Å². The van der Waals surface area contributed by atoms with E-state index < -0.39 is 0 Å². The van der Waals surface area contributed by atoms with E-state index in [2.05, 4.69) is 26.7 Å². The number of hydrogen-bond donors (Lipinski definition) is 1. The van der Waals surface area contributed by atoms with E-state index in [9.17, 15) is 8.78 Å². The summed E-state index contributed by atoms with van der Waals surface area (Å²) >= 11 is 0. The van der Waals surface area contributed by atoms with Crippen LogP contribution in [0.1, 0.15) is 24.4 Å². The second-order valence-electron chi connectivity index (χ2n) is 6.65. The Morgan fingerprint density at radius 1 is 1.11 bits per heavy atom. The Kier molecular flexibility index (Phi) is 7.78. The van der Waals surface area contributed by atoms with Crippen LogP contribution in [-0.4, -0.2) is 34.1 Å². The molecular weight excluding hydrogens is 405 g/mol. The van der Waals surface area contributed by atoms with Crippen molar-refractivity contribution in [2.75, 3.05) is 19.6 Å². The highest BCUT2D eigenvalue weighted by Gasteiger charge is 2.26. The lowest BCUT2D eigenvalue weighted by molar-refractivity contribution is 0.148. The maximum absolute atomic E-state index is 13.7. The Hall–Kier alpha value is -1.73. The zero-order valence-corrected chi connectivity index (χ0v) is 17.2. The van der Waals surface area contributed by atoms with Gasteiger partial charge in [0.1, 0.15) is 17.5 Å². The summed E-state index contributed by atoms with van der Waals surface area (Å²) in [5.41, 5.74) is 2.59. The van der Waals surface area contributed by atoms with Gasteiger partial charge in [0.15, 0.2) is 0 Å². The molecule has 1 unspecified atom stereocenters. The van der Waals surface area contributed by atoms with E-state index in [1.807, 2.05) is 6.07 Å². The van der Waals surface area contributed by atoms with Gasteiger partial charge in [0.2, 0.25) is 0 Å². The van der Waals surface area contributed by atoms with Crippen molar-refractivity contribution in [2.24, 2.45) is 0 Å². The van der Waals surface area contributed by atoms with Crippen LogP contribution in [0.15, 0.2) is 42.5 Å². The first-order chi connectivity index (χ1) is 12.7. The number of fused-ring (bicyclic) bond motifs is 1. The summed E-state index contributed by atoms with van der Waals surface area (Å²) in [6.07, 6.45) is 0. The van der Waals surface area contributed by atoms with Gasteiger partial charge in [-0.3, -0.25) is 4.90 Å². The Balaban J connectivity index is 0.00000140. The molecule has 152 valence electrons. The van der Waals surface area contributed by atoms with Crippen molar-refractivity contribution in [3.05, 3.63) is 65.5 Å².